The minimum atomic E-state index is -1.16. The van der Waals surface area contributed by atoms with E-state index in [1.165, 1.54) is 4.90 Å². The number of urea groups is 1. The standard InChI is InChI=1S/C13H24N2O3/c1-5-10-8-7-9-14(10)12(18)15(6-2)13(3,4)11(16)17/h10H,5-9H2,1-4H3,(H,16,17). The molecule has 5 nitrogen and oxygen atoms in total. The van der Waals surface area contributed by atoms with Crippen molar-refractivity contribution in [1.82, 2.24) is 9.80 Å². The number of carboxylic acids is 1. The minimum absolute atomic E-state index is 0.144. The maximum atomic E-state index is 12.5. The van der Waals surface area contributed by atoms with Crippen LogP contribution in [0.3, 0.4) is 0 Å². The van der Waals surface area contributed by atoms with Gasteiger partial charge in [0.05, 0.1) is 0 Å². The molecule has 0 saturated carbocycles. The van der Waals surface area contributed by atoms with Gasteiger partial charge < -0.3 is 14.9 Å². The highest BCUT2D eigenvalue weighted by atomic mass is 16.4. The molecule has 1 rings (SSSR count). The van der Waals surface area contributed by atoms with Crippen LogP contribution in [0.15, 0.2) is 0 Å². The number of carbonyl (C=O) groups is 2. The van der Waals surface area contributed by atoms with E-state index in [0.29, 0.717) is 6.54 Å². The van der Waals surface area contributed by atoms with E-state index in [-0.39, 0.29) is 12.1 Å². The SMILES string of the molecule is CCC1CCCN1C(=O)N(CC)C(C)(C)C(=O)O. The third-order valence-corrected chi connectivity index (χ3v) is 3.84. The Morgan fingerprint density at radius 1 is 1.39 bits per heavy atom. The lowest BCUT2D eigenvalue weighted by Crippen LogP contribution is -2.57. The molecule has 0 aromatic heterocycles. The van der Waals surface area contributed by atoms with Gasteiger partial charge in [0.2, 0.25) is 0 Å². The van der Waals surface area contributed by atoms with Crippen molar-refractivity contribution in [2.75, 3.05) is 13.1 Å². The molecule has 1 unspecified atom stereocenters. The zero-order valence-corrected chi connectivity index (χ0v) is 11.8. The topological polar surface area (TPSA) is 60.9 Å². The second kappa shape index (κ2) is 5.59. The quantitative estimate of drug-likeness (QED) is 0.838. The van der Waals surface area contributed by atoms with Gasteiger partial charge in [0.25, 0.3) is 0 Å². The summed E-state index contributed by atoms with van der Waals surface area (Å²) in [5.74, 6) is -0.968. The Morgan fingerprint density at radius 3 is 2.44 bits per heavy atom. The molecule has 1 aliphatic rings. The molecule has 5 heteroatoms. The molecule has 1 atom stereocenters. The van der Waals surface area contributed by atoms with Crippen molar-refractivity contribution in [2.24, 2.45) is 0 Å². The first-order valence-corrected chi connectivity index (χ1v) is 6.67. The summed E-state index contributed by atoms with van der Waals surface area (Å²) in [6, 6.07) is 0.116. The lowest BCUT2D eigenvalue weighted by molar-refractivity contribution is -0.147. The highest BCUT2D eigenvalue weighted by Gasteiger charge is 2.40. The Labute approximate surface area is 109 Å². The van der Waals surface area contributed by atoms with Crippen LogP contribution in [0.5, 0.6) is 0 Å². The van der Waals surface area contributed by atoms with E-state index in [2.05, 4.69) is 6.92 Å². The molecule has 0 aromatic carbocycles. The molecule has 2 amide bonds. The summed E-state index contributed by atoms with van der Waals surface area (Å²) in [5.41, 5.74) is -1.16. The van der Waals surface area contributed by atoms with Crippen LogP contribution in [-0.4, -0.2) is 51.6 Å². The summed E-state index contributed by atoms with van der Waals surface area (Å²) in [4.78, 5) is 27.0. The van der Waals surface area contributed by atoms with E-state index in [1.54, 1.807) is 13.8 Å². The van der Waals surface area contributed by atoms with Crippen molar-refractivity contribution in [3.05, 3.63) is 0 Å². The summed E-state index contributed by atoms with van der Waals surface area (Å²) in [5, 5.41) is 9.25. The van der Waals surface area contributed by atoms with Crippen molar-refractivity contribution in [2.45, 2.75) is 58.5 Å². The van der Waals surface area contributed by atoms with E-state index in [4.69, 9.17) is 0 Å². The van der Waals surface area contributed by atoms with Crippen molar-refractivity contribution < 1.29 is 14.7 Å². The zero-order chi connectivity index (χ0) is 13.9. The normalized spacial score (nSPS) is 20.0. The number of rotatable bonds is 4. The molecule has 18 heavy (non-hydrogen) atoms. The third kappa shape index (κ3) is 2.60. The van der Waals surface area contributed by atoms with E-state index in [0.717, 1.165) is 25.8 Å². The lowest BCUT2D eigenvalue weighted by atomic mass is 10.0. The second-order valence-electron chi connectivity index (χ2n) is 5.29. The molecule has 1 aliphatic heterocycles. The number of hydrogen-bond acceptors (Lipinski definition) is 2. The Bertz CT molecular complexity index is 328. The number of hydrogen-bond donors (Lipinski definition) is 1. The molecule has 0 spiro atoms. The molecular weight excluding hydrogens is 232 g/mol. The molecule has 104 valence electrons. The summed E-state index contributed by atoms with van der Waals surface area (Å²) >= 11 is 0. The van der Waals surface area contributed by atoms with E-state index < -0.39 is 11.5 Å². The van der Waals surface area contributed by atoms with Gasteiger partial charge in [-0.3, -0.25) is 0 Å². The van der Waals surface area contributed by atoms with Crippen LogP contribution >= 0.6 is 0 Å². The Kier molecular flexibility index (Phi) is 4.59. The molecule has 0 aliphatic carbocycles. The number of likely N-dealkylation sites (tertiary alicyclic amines) is 1. The Morgan fingerprint density at radius 2 is 2.00 bits per heavy atom. The van der Waals surface area contributed by atoms with E-state index >= 15 is 0 Å². The molecule has 0 aromatic rings. The van der Waals surface area contributed by atoms with E-state index in [9.17, 15) is 14.7 Å². The molecule has 1 heterocycles. The zero-order valence-electron chi connectivity index (χ0n) is 11.8. The van der Waals surface area contributed by atoms with Gasteiger partial charge in [-0.25, -0.2) is 9.59 Å². The average molecular weight is 256 g/mol. The highest BCUT2D eigenvalue weighted by Crippen LogP contribution is 2.24. The maximum Gasteiger partial charge on any atom is 0.329 e. The van der Waals surface area contributed by atoms with Crippen molar-refractivity contribution >= 4 is 12.0 Å². The molecule has 1 fully saturated rings. The molecular formula is C13H24N2O3. The predicted molar refractivity (Wildman–Crippen MR) is 69.5 cm³/mol. The number of nitrogens with zero attached hydrogens (tertiary/aromatic N) is 2. The van der Waals surface area contributed by atoms with Crippen LogP contribution in [0.25, 0.3) is 0 Å². The maximum absolute atomic E-state index is 12.5. The van der Waals surface area contributed by atoms with Gasteiger partial charge >= 0.3 is 12.0 Å². The van der Waals surface area contributed by atoms with Gasteiger partial charge in [-0.05, 0) is 40.0 Å². The van der Waals surface area contributed by atoms with Gasteiger partial charge in [-0.15, -0.1) is 0 Å². The van der Waals surface area contributed by atoms with Crippen LogP contribution in [0.2, 0.25) is 0 Å². The van der Waals surface area contributed by atoms with Gasteiger partial charge in [-0.1, -0.05) is 6.92 Å². The third-order valence-electron chi connectivity index (χ3n) is 3.84. The number of carboxylic acid groups (broad SMARTS) is 1. The number of aliphatic carboxylic acids is 1. The number of likely N-dealkylation sites (N-methyl/N-ethyl adjacent to an activating group) is 1. The van der Waals surface area contributed by atoms with Gasteiger partial charge in [0, 0.05) is 19.1 Å². The van der Waals surface area contributed by atoms with Crippen LogP contribution in [0.4, 0.5) is 4.79 Å². The monoisotopic (exact) mass is 256 g/mol. The van der Waals surface area contributed by atoms with Gasteiger partial charge in [0.1, 0.15) is 5.54 Å². The van der Waals surface area contributed by atoms with Crippen LogP contribution in [0.1, 0.15) is 47.0 Å². The van der Waals surface area contributed by atoms with Crippen LogP contribution in [0, 0.1) is 0 Å². The first-order chi connectivity index (χ1) is 8.36. The Balaban J connectivity index is 2.89. The smallest absolute Gasteiger partial charge is 0.329 e. The summed E-state index contributed by atoms with van der Waals surface area (Å²) in [7, 11) is 0. The first kappa shape index (κ1) is 14.8. The summed E-state index contributed by atoms with van der Waals surface area (Å²) in [6.07, 6.45) is 2.96. The van der Waals surface area contributed by atoms with E-state index in [1.807, 2.05) is 11.8 Å². The summed E-state index contributed by atoms with van der Waals surface area (Å²) in [6.45, 7) is 8.19. The van der Waals surface area contributed by atoms with Crippen molar-refractivity contribution in [1.29, 1.82) is 0 Å². The van der Waals surface area contributed by atoms with Gasteiger partial charge in [-0.2, -0.15) is 0 Å². The fraction of sp³-hybridized carbons (Fsp3) is 0.846. The lowest BCUT2D eigenvalue weighted by Gasteiger charge is -2.38. The number of carbonyl (C=O) groups excluding carboxylic acids is 1. The fourth-order valence-corrected chi connectivity index (χ4v) is 2.55. The first-order valence-electron chi connectivity index (χ1n) is 6.67. The summed E-state index contributed by atoms with van der Waals surface area (Å²) < 4.78 is 0. The van der Waals surface area contributed by atoms with Crippen LogP contribution < -0.4 is 0 Å². The fourth-order valence-electron chi connectivity index (χ4n) is 2.55. The average Bonchev–Trinajstić information content (AvgIpc) is 2.77. The van der Waals surface area contributed by atoms with Crippen molar-refractivity contribution in [3.63, 3.8) is 0 Å². The highest BCUT2D eigenvalue weighted by molar-refractivity contribution is 5.85. The predicted octanol–water partition coefficient (Wildman–Crippen LogP) is 2.17. The Hall–Kier alpha value is -1.26. The number of amides is 2. The largest absolute Gasteiger partial charge is 0.480 e. The molecule has 0 radical (unpaired) electrons. The molecule has 1 saturated heterocycles. The van der Waals surface area contributed by atoms with Gasteiger partial charge in [0.15, 0.2) is 0 Å². The molecule has 0 bridgehead atoms. The molecule has 1 N–H and O–H groups in total. The van der Waals surface area contributed by atoms with Crippen LogP contribution in [-0.2, 0) is 4.79 Å². The minimum Gasteiger partial charge on any atom is -0.480 e. The van der Waals surface area contributed by atoms with Crippen molar-refractivity contribution in [3.8, 4) is 0 Å². The second-order valence-corrected chi connectivity index (χ2v) is 5.29.